The van der Waals surface area contributed by atoms with Crippen molar-refractivity contribution in [2.75, 3.05) is 13.7 Å². The molecule has 0 spiro atoms. The Morgan fingerprint density at radius 2 is 1.65 bits per heavy atom. The van der Waals surface area contributed by atoms with E-state index in [1.807, 2.05) is 0 Å². The van der Waals surface area contributed by atoms with Crippen LogP contribution in [0, 0.1) is 17.8 Å². The molecule has 1 aliphatic heterocycles. The summed E-state index contributed by atoms with van der Waals surface area (Å²) in [6, 6.07) is 0. The van der Waals surface area contributed by atoms with Crippen LogP contribution in [0.5, 0.6) is 0 Å². The first-order chi connectivity index (χ1) is 11.2. The van der Waals surface area contributed by atoms with Crippen molar-refractivity contribution >= 4 is 11.8 Å². The number of carbonyl (C=O) groups excluding carboxylic acids is 2. The Kier molecular flexibility index (Phi) is 5.73. The average Bonchev–Trinajstić information content (AvgIpc) is 2.84. The van der Waals surface area contributed by atoms with Crippen molar-refractivity contribution in [3.8, 4) is 0 Å². The van der Waals surface area contributed by atoms with E-state index < -0.39 is 0 Å². The lowest BCUT2D eigenvalue weighted by Crippen LogP contribution is -2.37. The predicted octanol–water partition coefficient (Wildman–Crippen LogP) is 3.54. The van der Waals surface area contributed by atoms with Gasteiger partial charge < -0.3 is 4.74 Å². The molecule has 0 radical (unpaired) electrons. The van der Waals surface area contributed by atoms with Crippen molar-refractivity contribution in [2.24, 2.45) is 17.8 Å². The molecule has 4 nitrogen and oxygen atoms in total. The monoisotopic (exact) mass is 321 g/mol. The molecule has 0 N–H and O–H groups in total. The molecule has 1 saturated heterocycles. The summed E-state index contributed by atoms with van der Waals surface area (Å²) in [4.78, 5) is 26.6. The summed E-state index contributed by atoms with van der Waals surface area (Å²) in [7, 11) is 1.77. The summed E-state index contributed by atoms with van der Waals surface area (Å²) >= 11 is 0. The van der Waals surface area contributed by atoms with Gasteiger partial charge in [-0.05, 0) is 43.9 Å². The van der Waals surface area contributed by atoms with Gasteiger partial charge in [-0.15, -0.1) is 0 Å². The third kappa shape index (κ3) is 4.14. The topological polar surface area (TPSA) is 46.6 Å². The van der Waals surface area contributed by atoms with Crippen LogP contribution < -0.4 is 0 Å². The minimum atomic E-state index is -0.0269. The minimum Gasteiger partial charge on any atom is -0.381 e. The van der Waals surface area contributed by atoms with Crippen molar-refractivity contribution in [3.05, 3.63) is 0 Å². The molecule has 2 aliphatic carbocycles. The minimum absolute atomic E-state index is 0.0269. The van der Waals surface area contributed by atoms with Crippen LogP contribution in [0.2, 0.25) is 0 Å². The number of ether oxygens (including phenoxy) is 1. The molecule has 1 heterocycles. The largest absolute Gasteiger partial charge is 0.381 e. The molecule has 0 aromatic heterocycles. The Hall–Kier alpha value is -0.900. The van der Waals surface area contributed by atoms with E-state index in [1.165, 1.54) is 32.1 Å². The van der Waals surface area contributed by atoms with Crippen molar-refractivity contribution in [1.29, 1.82) is 0 Å². The second-order valence-electron chi connectivity index (χ2n) is 7.86. The second-order valence-corrected chi connectivity index (χ2v) is 7.86. The molecular formula is C19H31NO3. The van der Waals surface area contributed by atoms with Crippen LogP contribution in [0.3, 0.4) is 0 Å². The Morgan fingerprint density at radius 1 is 0.957 bits per heavy atom. The standard InChI is InChI=1S/C19H31NO3/c1-23-17-9-7-15(8-10-17)13-20-18(21)12-16(19(20)22)11-14-5-3-2-4-6-14/h14-17H,2-13H2,1H3. The van der Waals surface area contributed by atoms with Crippen LogP contribution in [0.1, 0.15) is 70.6 Å². The molecule has 0 aromatic rings. The molecule has 3 aliphatic rings. The molecule has 3 fully saturated rings. The third-order valence-corrected chi connectivity index (χ3v) is 6.25. The number of carbonyl (C=O) groups is 2. The van der Waals surface area contributed by atoms with Crippen LogP contribution in [-0.2, 0) is 14.3 Å². The van der Waals surface area contributed by atoms with Crippen LogP contribution in [0.4, 0.5) is 0 Å². The van der Waals surface area contributed by atoms with Gasteiger partial charge in [-0.1, -0.05) is 32.1 Å². The Bertz CT molecular complexity index is 422. The molecule has 130 valence electrons. The van der Waals surface area contributed by atoms with E-state index in [0.717, 1.165) is 32.1 Å². The van der Waals surface area contributed by atoms with Gasteiger partial charge in [0.25, 0.3) is 0 Å². The highest BCUT2D eigenvalue weighted by Crippen LogP contribution is 2.35. The zero-order valence-electron chi connectivity index (χ0n) is 14.5. The number of nitrogens with zero attached hydrogens (tertiary/aromatic N) is 1. The number of imide groups is 1. The highest BCUT2D eigenvalue weighted by molar-refractivity contribution is 6.03. The zero-order chi connectivity index (χ0) is 16.2. The Morgan fingerprint density at radius 3 is 2.30 bits per heavy atom. The van der Waals surface area contributed by atoms with E-state index in [9.17, 15) is 9.59 Å². The van der Waals surface area contributed by atoms with E-state index >= 15 is 0 Å². The maximum Gasteiger partial charge on any atom is 0.232 e. The number of likely N-dealkylation sites (tertiary alicyclic amines) is 1. The van der Waals surface area contributed by atoms with Crippen LogP contribution in [-0.4, -0.2) is 36.5 Å². The number of hydrogen-bond acceptors (Lipinski definition) is 3. The summed E-state index contributed by atoms with van der Waals surface area (Å²) in [5.74, 6) is 1.31. The Balaban J connectivity index is 1.50. The van der Waals surface area contributed by atoms with E-state index in [4.69, 9.17) is 4.74 Å². The zero-order valence-corrected chi connectivity index (χ0v) is 14.5. The SMILES string of the molecule is COC1CCC(CN2C(=O)CC(CC3CCCCC3)C2=O)CC1. The maximum atomic E-state index is 12.7. The summed E-state index contributed by atoms with van der Waals surface area (Å²) < 4.78 is 5.41. The highest BCUT2D eigenvalue weighted by atomic mass is 16.5. The molecule has 1 atom stereocenters. The third-order valence-electron chi connectivity index (χ3n) is 6.25. The first kappa shape index (κ1) is 16.9. The number of hydrogen-bond donors (Lipinski definition) is 0. The lowest BCUT2D eigenvalue weighted by atomic mass is 9.82. The maximum absolute atomic E-state index is 12.7. The van der Waals surface area contributed by atoms with E-state index in [0.29, 0.717) is 30.9 Å². The molecule has 1 unspecified atom stereocenters. The van der Waals surface area contributed by atoms with Gasteiger partial charge in [0.1, 0.15) is 0 Å². The molecule has 2 saturated carbocycles. The number of rotatable bonds is 5. The summed E-state index contributed by atoms with van der Waals surface area (Å²) in [6.45, 7) is 0.648. The van der Waals surface area contributed by atoms with Gasteiger partial charge >= 0.3 is 0 Å². The van der Waals surface area contributed by atoms with Crippen LogP contribution in [0.15, 0.2) is 0 Å². The van der Waals surface area contributed by atoms with Gasteiger partial charge in [0.2, 0.25) is 11.8 Å². The van der Waals surface area contributed by atoms with E-state index in [1.54, 1.807) is 12.0 Å². The first-order valence-corrected chi connectivity index (χ1v) is 9.54. The van der Waals surface area contributed by atoms with E-state index in [-0.39, 0.29) is 17.7 Å². The van der Waals surface area contributed by atoms with E-state index in [2.05, 4.69) is 0 Å². The normalized spacial score (nSPS) is 33.4. The fourth-order valence-electron chi connectivity index (χ4n) is 4.76. The summed E-state index contributed by atoms with van der Waals surface area (Å²) in [6.07, 6.45) is 12.5. The fourth-order valence-corrected chi connectivity index (χ4v) is 4.76. The molecule has 23 heavy (non-hydrogen) atoms. The fraction of sp³-hybridized carbons (Fsp3) is 0.895. The number of methoxy groups -OCH3 is 1. The van der Waals surface area contributed by atoms with Crippen LogP contribution >= 0.6 is 0 Å². The molecular weight excluding hydrogens is 290 g/mol. The highest BCUT2D eigenvalue weighted by Gasteiger charge is 2.40. The lowest BCUT2D eigenvalue weighted by molar-refractivity contribution is -0.140. The van der Waals surface area contributed by atoms with Gasteiger partial charge in [-0.3, -0.25) is 14.5 Å². The van der Waals surface area contributed by atoms with Gasteiger partial charge in [0.05, 0.1) is 6.10 Å². The van der Waals surface area contributed by atoms with Gasteiger partial charge in [0.15, 0.2) is 0 Å². The molecule has 2 amide bonds. The van der Waals surface area contributed by atoms with Crippen molar-refractivity contribution in [2.45, 2.75) is 76.7 Å². The summed E-state index contributed by atoms with van der Waals surface area (Å²) in [5, 5.41) is 0. The molecule has 0 aromatic carbocycles. The molecule has 0 bridgehead atoms. The van der Waals surface area contributed by atoms with Crippen molar-refractivity contribution in [1.82, 2.24) is 4.90 Å². The van der Waals surface area contributed by atoms with Crippen molar-refractivity contribution < 1.29 is 14.3 Å². The number of amides is 2. The summed E-state index contributed by atoms with van der Waals surface area (Å²) in [5.41, 5.74) is 0. The lowest BCUT2D eigenvalue weighted by Gasteiger charge is -2.30. The quantitative estimate of drug-likeness (QED) is 0.728. The van der Waals surface area contributed by atoms with Gasteiger partial charge in [-0.25, -0.2) is 0 Å². The molecule has 3 rings (SSSR count). The molecule has 4 heteroatoms. The van der Waals surface area contributed by atoms with Crippen LogP contribution in [0.25, 0.3) is 0 Å². The smallest absolute Gasteiger partial charge is 0.232 e. The van der Waals surface area contributed by atoms with Crippen molar-refractivity contribution in [3.63, 3.8) is 0 Å². The second kappa shape index (κ2) is 7.78. The average molecular weight is 321 g/mol. The first-order valence-electron chi connectivity index (χ1n) is 9.54. The predicted molar refractivity (Wildman–Crippen MR) is 88.8 cm³/mol. The van der Waals surface area contributed by atoms with Gasteiger partial charge in [0, 0.05) is 26.0 Å². The van der Waals surface area contributed by atoms with Gasteiger partial charge in [-0.2, -0.15) is 0 Å². The Labute approximate surface area is 139 Å².